The summed E-state index contributed by atoms with van der Waals surface area (Å²) in [5.74, 6) is 0.254. The van der Waals surface area contributed by atoms with Gasteiger partial charge in [-0.15, -0.1) is 0 Å². The van der Waals surface area contributed by atoms with Gasteiger partial charge in [0.15, 0.2) is 0 Å². The predicted molar refractivity (Wildman–Crippen MR) is 55.9 cm³/mol. The van der Waals surface area contributed by atoms with Crippen LogP contribution in [0.5, 0.6) is 0 Å². The van der Waals surface area contributed by atoms with Crippen molar-refractivity contribution in [1.29, 1.82) is 0 Å². The van der Waals surface area contributed by atoms with Crippen LogP contribution in [0.2, 0.25) is 0 Å². The van der Waals surface area contributed by atoms with Crippen LogP contribution in [0.25, 0.3) is 0 Å². The molecule has 0 spiro atoms. The van der Waals surface area contributed by atoms with Crippen LogP contribution in [0.3, 0.4) is 0 Å². The number of hydrogen-bond acceptors (Lipinski definition) is 3. The second-order valence-corrected chi connectivity index (χ2v) is 3.73. The zero-order valence-electron chi connectivity index (χ0n) is 8.69. The summed E-state index contributed by atoms with van der Waals surface area (Å²) < 4.78 is 5.12. The summed E-state index contributed by atoms with van der Waals surface area (Å²) in [6.45, 7) is 1.88. The van der Waals surface area contributed by atoms with Crippen LogP contribution in [0, 0.1) is 0 Å². The Balaban J connectivity index is 2.30. The number of carbonyl (C=O) groups is 1. The van der Waals surface area contributed by atoms with E-state index in [1.807, 2.05) is 13.0 Å². The van der Waals surface area contributed by atoms with Crippen molar-refractivity contribution in [1.82, 2.24) is 0 Å². The third kappa shape index (κ3) is 1.88. The molecule has 0 aromatic heterocycles. The Labute approximate surface area is 88.7 Å². The van der Waals surface area contributed by atoms with Gasteiger partial charge in [0.25, 0.3) is 0 Å². The van der Waals surface area contributed by atoms with Gasteiger partial charge < -0.3 is 9.84 Å². The van der Waals surface area contributed by atoms with E-state index >= 15 is 0 Å². The van der Waals surface area contributed by atoms with Gasteiger partial charge in [-0.25, -0.2) is 4.79 Å². The van der Waals surface area contributed by atoms with E-state index in [0.29, 0.717) is 17.8 Å². The molecular weight excluding hydrogens is 192 g/mol. The Bertz CT molecular complexity index is 374. The smallest absolute Gasteiger partial charge is 0.343 e. The van der Waals surface area contributed by atoms with E-state index in [1.165, 1.54) is 0 Å². The summed E-state index contributed by atoms with van der Waals surface area (Å²) in [4.78, 5) is 11.4. The first-order valence-electron chi connectivity index (χ1n) is 5.24. The highest BCUT2D eigenvalue weighted by Gasteiger charge is 2.29. The first-order chi connectivity index (χ1) is 7.22. The van der Waals surface area contributed by atoms with Crippen LogP contribution >= 0.6 is 0 Å². The van der Waals surface area contributed by atoms with Crippen LogP contribution in [-0.2, 0) is 9.53 Å². The number of hydrogen-bond donors (Lipinski definition) is 1. The van der Waals surface area contributed by atoms with Crippen molar-refractivity contribution in [3.05, 3.63) is 35.1 Å². The normalized spacial score (nSPS) is 24.4. The lowest BCUT2D eigenvalue weighted by Gasteiger charge is -2.07. The molecule has 1 aliphatic heterocycles. The summed E-state index contributed by atoms with van der Waals surface area (Å²) in [6, 6.07) is 0. The molecular formula is C12H14O3. The van der Waals surface area contributed by atoms with Gasteiger partial charge in [-0.05, 0) is 25.3 Å². The molecule has 0 aromatic carbocycles. The highest BCUT2D eigenvalue weighted by molar-refractivity contribution is 5.97. The van der Waals surface area contributed by atoms with Gasteiger partial charge in [-0.1, -0.05) is 19.1 Å². The molecule has 1 aliphatic carbocycles. The molecule has 1 unspecified atom stereocenters. The second-order valence-electron chi connectivity index (χ2n) is 3.73. The van der Waals surface area contributed by atoms with E-state index in [1.54, 1.807) is 12.2 Å². The summed E-state index contributed by atoms with van der Waals surface area (Å²) in [5, 5.41) is 9.49. The van der Waals surface area contributed by atoms with Crippen molar-refractivity contribution in [2.75, 3.05) is 0 Å². The number of ether oxygens (including phenoxy) is 1. The Morgan fingerprint density at radius 1 is 1.67 bits per heavy atom. The van der Waals surface area contributed by atoms with E-state index in [-0.39, 0.29) is 5.97 Å². The van der Waals surface area contributed by atoms with Gasteiger partial charge in [0.2, 0.25) is 0 Å². The van der Waals surface area contributed by atoms with E-state index in [2.05, 4.69) is 0 Å². The lowest BCUT2D eigenvalue weighted by molar-refractivity contribution is -0.132. The Morgan fingerprint density at radius 2 is 2.47 bits per heavy atom. The van der Waals surface area contributed by atoms with Crippen molar-refractivity contribution in [2.24, 2.45) is 0 Å². The second kappa shape index (κ2) is 4.03. The summed E-state index contributed by atoms with van der Waals surface area (Å²) in [7, 11) is 0. The molecule has 2 rings (SSSR count). The first kappa shape index (κ1) is 10.2. The van der Waals surface area contributed by atoms with Gasteiger partial charge in [0, 0.05) is 5.57 Å². The molecule has 0 radical (unpaired) electrons. The molecule has 1 atom stereocenters. The predicted octanol–water partition coefficient (Wildman–Crippen LogP) is 1.84. The number of rotatable bonds is 2. The van der Waals surface area contributed by atoms with Crippen molar-refractivity contribution in [3.8, 4) is 0 Å². The summed E-state index contributed by atoms with van der Waals surface area (Å²) in [6.07, 6.45) is 7.23. The number of esters is 1. The quantitative estimate of drug-likeness (QED) is 0.701. The zero-order chi connectivity index (χ0) is 10.8. The molecule has 0 bridgehead atoms. The number of aliphatic hydroxyl groups is 1. The number of cyclic esters (lactones) is 1. The Morgan fingerprint density at radius 3 is 3.20 bits per heavy atom. The van der Waals surface area contributed by atoms with E-state index in [9.17, 15) is 9.90 Å². The molecule has 3 nitrogen and oxygen atoms in total. The molecule has 3 heteroatoms. The summed E-state index contributed by atoms with van der Waals surface area (Å²) in [5.41, 5.74) is 1.59. The molecule has 1 N–H and O–H groups in total. The average molecular weight is 206 g/mol. The molecule has 1 heterocycles. The third-order valence-corrected chi connectivity index (χ3v) is 2.65. The van der Waals surface area contributed by atoms with E-state index in [4.69, 9.17) is 4.74 Å². The fourth-order valence-corrected chi connectivity index (χ4v) is 1.75. The fourth-order valence-electron chi connectivity index (χ4n) is 1.75. The van der Waals surface area contributed by atoms with Crippen LogP contribution in [0.15, 0.2) is 35.1 Å². The molecule has 0 fully saturated rings. The lowest BCUT2D eigenvalue weighted by Crippen LogP contribution is -2.02. The van der Waals surface area contributed by atoms with Gasteiger partial charge in [0.05, 0.1) is 11.7 Å². The zero-order valence-corrected chi connectivity index (χ0v) is 8.69. The highest BCUT2D eigenvalue weighted by atomic mass is 16.5. The van der Waals surface area contributed by atoms with Crippen molar-refractivity contribution in [3.63, 3.8) is 0 Å². The topological polar surface area (TPSA) is 46.5 Å². The molecule has 0 amide bonds. The number of allylic oxidation sites excluding steroid dienone is 2. The van der Waals surface area contributed by atoms with Crippen LogP contribution in [0.4, 0.5) is 0 Å². The maximum atomic E-state index is 11.4. The van der Waals surface area contributed by atoms with Gasteiger partial charge in [0.1, 0.15) is 5.76 Å². The van der Waals surface area contributed by atoms with Crippen LogP contribution in [-0.4, -0.2) is 17.2 Å². The summed E-state index contributed by atoms with van der Waals surface area (Å²) >= 11 is 0. The van der Waals surface area contributed by atoms with Crippen molar-refractivity contribution >= 4 is 5.97 Å². The molecule has 15 heavy (non-hydrogen) atoms. The van der Waals surface area contributed by atoms with Gasteiger partial charge >= 0.3 is 5.97 Å². The molecule has 0 saturated heterocycles. The van der Waals surface area contributed by atoms with E-state index < -0.39 is 6.10 Å². The van der Waals surface area contributed by atoms with E-state index in [0.717, 1.165) is 18.4 Å². The van der Waals surface area contributed by atoms with Crippen molar-refractivity contribution in [2.45, 2.75) is 32.3 Å². The number of carbonyl (C=O) groups excluding carboxylic acids is 1. The van der Waals surface area contributed by atoms with Crippen LogP contribution < -0.4 is 0 Å². The van der Waals surface area contributed by atoms with Crippen molar-refractivity contribution < 1.29 is 14.6 Å². The SMILES string of the molecule is CCC(O)C=C1OC(=O)C2=C1CCC=C2. The molecule has 0 aromatic rings. The van der Waals surface area contributed by atoms with Gasteiger partial charge in [-0.2, -0.15) is 0 Å². The lowest BCUT2D eigenvalue weighted by atomic mass is 9.97. The Hall–Kier alpha value is -1.35. The minimum absolute atomic E-state index is 0.296. The molecule has 2 aliphatic rings. The third-order valence-electron chi connectivity index (χ3n) is 2.65. The average Bonchev–Trinajstić information content (AvgIpc) is 2.57. The number of aliphatic hydroxyl groups excluding tert-OH is 1. The monoisotopic (exact) mass is 206 g/mol. The molecule has 0 saturated carbocycles. The maximum Gasteiger partial charge on any atom is 0.343 e. The standard InChI is InChI=1S/C12H14O3/c1-2-8(13)7-11-9-5-3-4-6-10(9)12(14)15-11/h4,6-8,13H,2-3,5H2,1H3. The van der Waals surface area contributed by atoms with Gasteiger partial charge in [-0.3, -0.25) is 0 Å². The fraction of sp³-hybridized carbons (Fsp3) is 0.417. The largest absolute Gasteiger partial charge is 0.423 e. The molecule has 80 valence electrons. The first-order valence-corrected chi connectivity index (χ1v) is 5.24. The minimum atomic E-state index is -0.537. The highest BCUT2D eigenvalue weighted by Crippen LogP contribution is 2.33. The minimum Gasteiger partial charge on any atom is -0.423 e. The Kier molecular flexibility index (Phi) is 2.73. The maximum absolute atomic E-state index is 11.4. The van der Waals surface area contributed by atoms with Crippen LogP contribution in [0.1, 0.15) is 26.2 Å².